The maximum absolute atomic E-state index is 13.0. The minimum atomic E-state index is -3.61. The van der Waals surface area contributed by atoms with Gasteiger partial charge in [-0.1, -0.05) is 26.2 Å². The fraction of sp³-hybridized carbons (Fsp3) is 0.375. The van der Waals surface area contributed by atoms with E-state index in [9.17, 15) is 29.8 Å². The van der Waals surface area contributed by atoms with E-state index in [2.05, 4.69) is 6.92 Å². The first kappa shape index (κ1) is 26.4. The first-order valence-corrected chi connectivity index (χ1v) is 13.0. The number of hydrogen-bond acceptors (Lipinski definition) is 10. The topological polar surface area (TPSA) is 156 Å². The van der Waals surface area contributed by atoms with E-state index < -0.39 is 30.9 Å². The van der Waals surface area contributed by atoms with Crippen LogP contribution in [0.15, 0.2) is 39.5 Å². The van der Waals surface area contributed by atoms with Crippen molar-refractivity contribution in [3.63, 3.8) is 0 Å². The van der Waals surface area contributed by atoms with Gasteiger partial charge in [0.25, 0.3) is 0 Å². The Morgan fingerprint density at radius 2 is 1.71 bits per heavy atom. The SMILES string of the molecule is CCCCCCOP(=O)(COc1cc(-c2oc3cc(O)cc(O)c3c(=O)c2O)ccc1O)OCC. The van der Waals surface area contributed by atoms with Gasteiger partial charge < -0.3 is 38.6 Å². The lowest BCUT2D eigenvalue weighted by atomic mass is 10.1. The average Bonchev–Trinajstić information content (AvgIpc) is 2.80. The molecule has 4 N–H and O–H groups in total. The van der Waals surface area contributed by atoms with Crippen molar-refractivity contribution >= 4 is 18.6 Å². The molecule has 0 fully saturated rings. The summed E-state index contributed by atoms with van der Waals surface area (Å²) in [5.41, 5.74) is -0.927. The normalized spacial score (nSPS) is 13.1. The number of ether oxygens (including phenoxy) is 1. The summed E-state index contributed by atoms with van der Waals surface area (Å²) in [5.74, 6) is -2.36. The molecule has 11 heteroatoms. The molecule has 190 valence electrons. The lowest BCUT2D eigenvalue weighted by Crippen LogP contribution is -2.07. The average molecular weight is 508 g/mol. The number of phenols is 3. The van der Waals surface area contributed by atoms with E-state index in [1.54, 1.807) is 6.92 Å². The largest absolute Gasteiger partial charge is 0.508 e. The summed E-state index contributed by atoms with van der Waals surface area (Å²) >= 11 is 0. The zero-order chi connectivity index (χ0) is 25.6. The molecule has 0 saturated carbocycles. The van der Waals surface area contributed by atoms with Gasteiger partial charge in [0.2, 0.25) is 11.2 Å². The molecule has 10 nitrogen and oxygen atoms in total. The highest BCUT2D eigenvalue weighted by molar-refractivity contribution is 7.53. The third kappa shape index (κ3) is 6.28. The second-order valence-corrected chi connectivity index (χ2v) is 9.82. The third-order valence-electron chi connectivity index (χ3n) is 5.15. The molecule has 0 aliphatic rings. The Bertz CT molecular complexity index is 1280. The zero-order valence-electron chi connectivity index (χ0n) is 19.5. The number of hydrogen-bond donors (Lipinski definition) is 4. The van der Waals surface area contributed by atoms with Crippen LogP contribution in [0.2, 0.25) is 0 Å². The van der Waals surface area contributed by atoms with Crippen molar-refractivity contribution in [3.8, 4) is 40.1 Å². The van der Waals surface area contributed by atoms with Crippen molar-refractivity contribution < 1.29 is 43.2 Å². The second kappa shape index (κ2) is 11.5. The highest BCUT2D eigenvalue weighted by atomic mass is 31.2. The Kier molecular flexibility index (Phi) is 8.67. The first-order chi connectivity index (χ1) is 16.7. The van der Waals surface area contributed by atoms with E-state index in [0.717, 1.165) is 37.8 Å². The van der Waals surface area contributed by atoms with E-state index in [4.69, 9.17) is 18.2 Å². The summed E-state index contributed by atoms with van der Waals surface area (Å²) in [6.45, 7) is 4.13. The van der Waals surface area contributed by atoms with Crippen LogP contribution in [-0.4, -0.2) is 40.0 Å². The molecule has 0 bridgehead atoms. The van der Waals surface area contributed by atoms with Gasteiger partial charge in [0.1, 0.15) is 22.5 Å². The van der Waals surface area contributed by atoms with Crippen LogP contribution in [-0.2, 0) is 13.6 Å². The predicted octanol–water partition coefficient (Wildman–Crippen LogP) is 5.45. The molecule has 0 spiro atoms. The van der Waals surface area contributed by atoms with Crippen LogP contribution < -0.4 is 10.2 Å². The summed E-state index contributed by atoms with van der Waals surface area (Å²) in [6, 6.07) is 5.95. The maximum atomic E-state index is 13.0. The number of phenolic OH excluding ortho intramolecular Hbond substituents is 3. The molecule has 0 aliphatic heterocycles. The van der Waals surface area contributed by atoms with E-state index in [1.165, 1.54) is 18.2 Å². The van der Waals surface area contributed by atoms with Crippen LogP contribution in [0.3, 0.4) is 0 Å². The molecule has 0 aliphatic carbocycles. The number of aromatic hydroxyl groups is 4. The smallest absolute Gasteiger partial charge is 0.367 e. The third-order valence-corrected chi connectivity index (χ3v) is 6.82. The molecule has 1 aromatic heterocycles. The standard InChI is InChI=1S/C24H29O10P/c1-3-5-6-7-10-33-35(30,32-4-2)14-31-19-11-15(8-9-17(19)26)24-23(29)22(28)21-18(27)12-16(25)13-20(21)34-24/h8-9,11-13,25-27,29H,3-7,10,14H2,1-2H3. The molecule has 2 aromatic carbocycles. The van der Waals surface area contributed by atoms with Gasteiger partial charge in [-0.2, -0.15) is 0 Å². The fourth-order valence-corrected chi connectivity index (χ4v) is 4.75. The molecule has 0 amide bonds. The van der Waals surface area contributed by atoms with Crippen LogP contribution in [0.4, 0.5) is 0 Å². The van der Waals surface area contributed by atoms with Crippen molar-refractivity contribution in [2.45, 2.75) is 39.5 Å². The molecule has 0 radical (unpaired) electrons. The van der Waals surface area contributed by atoms with E-state index in [-0.39, 0.29) is 52.8 Å². The highest BCUT2D eigenvalue weighted by Crippen LogP contribution is 2.49. The molecule has 3 rings (SSSR count). The Hall–Kier alpha value is -3.20. The highest BCUT2D eigenvalue weighted by Gasteiger charge is 2.26. The minimum Gasteiger partial charge on any atom is -0.508 e. The summed E-state index contributed by atoms with van der Waals surface area (Å²) in [4.78, 5) is 12.6. The lowest BCUT2D eigenvalue weighted by Gasteiger charge is -2.19. The summed E-state index contributed by atoms with van der Waals surface area (Å²) < 4.78 is 34.9. The molecule has 1 unspecified atom stereocenters. The van der Waals surface area contributed by atoms with Crippen LogP contribution in [0.1, 0.15) is 39.5 Å². The van der Waals surface area contributed by atoms with Crippen molar-refractivity contribution in [1.29, 1.82) is 0 Å². The summed E-state index contributed by atoms with van der Waals surface area (Å²) in [5, 5.41) is 40.0. The molecular formula is C24H29O10P. The lowest BCUT2D eigenvalue weighted by molar-refractivity contribution is 0.186. The van der Waals surface area contributed by atoms with Gasteiger partial charge in [-0.25, -0.2) is 0 Å². The Labute approximate surface area is 201 Å². The molecule has 1 atom stereocenters. The molecule has 35 heavy (non-hydrogen) atoms. The summed E-state index contributed by atoms with van der Waals surface area (Å²) in [7, 11) is -3.61. The Morgan fingerprint density at radius 1 is 0.943 bits per heavy atom. The van der Waals surface area contributed by atoms with Crippen molar-refractivity contribution in [3.05, 3.63) is 40.6 Å². The Balaban J connectivity index is 1.87. The Morgan fingerprint density at radius 3 is 2.43 bits per heavy atom. The van der Waals surface area contributed by atoms with E-state index >= 15 is 0 Å². The number of rotatable bonds is 12. The molecular weight excluding hydrogens is 479 g/mol. The first-order valence-electron chi connectivity index (χ1n) is 11.2. The van der Waals surface area contributed by atoms with Crippen LogP contribution in [0, 0.1) is 0 Å². The molecule has 3 aromatic rings. The fourth-order valence-electron chi connectivity index (χ4n) is 3.43. The van der Waals surface area contributed by atoms with Crippen LogP contribution >= 0.6 is 7.60 Å². The van der Waals surface area contributed by atoms with E-state index in [0.29, 0.717) is 0 Å². The predicted molar refractivity (Wildman–Crippen MR) is 129 cm³/mol. The van der Waals surface area contributed by atoms with Gasteiger partial charge in [0, 0.05) is 17.7 Å². The second-order valence-electron chi connectivity index (χ2n) is 7.83. The van der Waals surface area contributed by atoms with Crippen molar-refractivity contribution in [2.24, 2.45) is 0 Å². The maximum Gasteiger partial charge on any atom is 0.367 e. The van der Waals surface area contributed by atoms with Gasteiger partial charge in [0.05, 0.1) is 13.2 Å². The number of unbranched alkanes of at least 4 members (excludes halogenated alkanes) is 3. The van der Waals surface area contributed by atoms with Crippen molar-refractivity contribution in [1.82, 2.24) is 0 Å². The van der Waals surface area contributed by atoms with Gasteiger partial charge in [-0.15, -0.1) is 0 Å². The van der Waals surface area contributed by atoms with Gasteiger partial charge in [-0.3, -0.25) is 9.36 Å². The minimum absolute atomic E-state index is 0.113. The summed E-state index contributed by atoms with van der Waals surface area (Å²) in [6.07, 6.45) is 3.27. The van der Waals surface area contributed by atoms with E-state index in [1.807, 2.05) is 0 Å². The monoisotopic (exact) mass is 508 g/mol. The number of benzene rings is 2. The van der Waals surface area contributed by atoms with Gasteiger partial charge in [0.15, 0.2) is 23.6 Å². The zero-order valence-corrected chi connectivity index (χ0v) is 20.4. The van der Waals surface area contributed by atoms with Gasteiger partial charge >= 0.3 is 7.60 Å². The molecule has 0 saturated heterocycles. The van der Waals surface area contributed by atoms with Crippen LogP contribution in [0.25, 0.3) is 22.3 Å². The van der Waals surface area contributed by atoms with Crippen molar-refractivity contribution in [2.75, 3.05) is 19.6 Å². The molecule has 1 heterocycles. The quantitative estimate of drug-likeness (QED) is 0.183. The number of fused-ring (bicyclic) bond motifs is 1. The van der Waals surface area contributed by atoms with Gasteiger partial charge in [-0.05, 0) is 31.5 Å². The van der Waals surface area contributed by atoms with Crippen LogP contribution in [0.5, 0.6) is 28.7 Å².